The van der Waals surface area contributed by atoms with Crippen molar-refractivity contribution in [3.8, 4) is 16.9 Å². The van der Waals surface area contributed by atoms with Gasteiger partial charge in [0.1, 0.15) is 17.9 Å². The van der Waals surface area contributed by atoms with Crippen LogP contribution in [-0.4, -0.2) is 51.5 Å². The molecular weight excluding hydrogens is 407 g/mol. The third-order valence-electron chi connectivity index (χ3n) is 5.77. The van der Waals surface area contributed by atoms with Crippen molar-refractivity contribution < 1.29 is 9.13 Å². The predicted octanol–water partition coefficient (Wildman–Crippen LogP) is 3.58. The van der Waals surface area contributed by atoms with Crippen LogP contribution in [0.3, 0.4) is 0 Å². The SMILES string of the molecule is CN(C)CCc1ccc(-c2cnc(NCc3c(F)ccc4c3CCO4)n3cncc23)cn1. The Morgan fingerprint density at radius 2 is 2.03 bits per heavy atom. The molecule has 164 valence electrons. The van der Waals surface area contributed by atoms with Gasteiger partial charge >= 0.3 is 0 Å². The minimum Gasteiger partial charge on any atom is -0.493 e. The zero-order valence-electron chi connectivity index (χ0n) is 18.2. The first-order chi connectivity index (χ1) is 15.6. The number of halogens is 1. The van der Waals surface area contributed by atoms with Gasteiger partial charge in [0.05, 0.1) is 18.3 Å². The highest BCUT2D eigenvalue weighted by atomic mass is 19.1. The maximum absolute atomic E-state index is 14.5. The number of nitrogens with zero attached hydrogens (tertiary/aromatic N) is 5. The molecule has 0 atom stereocenters. The van der Waals surface area contributed by atoms with Crippen molar-refractivity contribution >= 4 is 11.5 Å². The van der Waals surface area contributed by atoms with E-state index in [1.54, 1.807) is 18.6 Å². The Bertz CT molecular complexity index is 1250. The smallest absolute Gasteiger partial charge is 0.208 e. The number of hydrogen-bond acceptors (Lipinski definition) is 6. The van der Waals surface area contributed by atoms with Gasteiger partial charge in [0.2, 0.25) is 5.95 Å². The summed E-state index contributed by atoms with van der Waals surface area (Å²) in [7, 11) is 4.11. The molecule has 1 N–H and O–H groups in total. The van der Waals surface area contributed by atoms with Crippen LogP contribution < -0.4 is 10.1 Å². The Balaban J connectivity index is 1.39. The fraction of sp³-hybridized carbons (Fsp3) is 0.292. The molecule has 1 aliphatic heterocycles. The van der Waals surface area contributed by atoms with Crippen molar-refractivity contribution in [3.05, 3.63) is 71.8 Å². The largest absolute Gasteiger partial charge is 0.493 e. The fourth-order valence-corrected chi connectivity index (χ4v) is 4.01. The number of benzene rings is 1. The lowest BCUT2D eigenvalue weighted by Crippen LogP contribution is -2.15. The van der Waals surface area contributed by atoms with E-state index < -0.39 is 0 Å². The van der Waals surface area contributed by atoms with E-state index in [9.17, 15) is 4.39 Å². The lowest BCUT2D eigenvalue weighted by Gasteiger charge is -2.13. The molecule has 1 aliphatic rings. The first-order valence-corrected chi connectivity index (χ1v) is 10.7. The highest BCUT2D eigenvalue weighted by Gasteiger charge is 2.20. The minimum absolute atomic E-state index is 0.235. The first kappa shape index (κ1) is 20.4. The molecule has 8 heteroatoms. The van der Waals surface area contributed by atoms with Gasteiger partial charge in [0.15, 0.2) is 0 Å². The average molecular weight is 433 g/mol. The summed E-state index contributed by atoms with van der Waals surface area (Å²) < 4.78 is 21.9. The second-order valence-electron chi connectivity index (χ2n) is 8.19. The van der Waals surface area contributed by atoms with Crippen molar-refractivity contribution in [2.24, 2.45) is 0 Å². The quantitative estimate of drug-likeness (QED) is 0.482. The molecule has 4 aromatic rings. The summed E-state index contributed by atoms with van der Waals surface area (Å²) in [5.74, 6) is 1.13. The van der Waals surface area contributed by atoms with Crippen LogP contribution >= 0.6 is 0 Å². The first-order valence-electron chi connectivity index (χ1n) is 10.7. The number of aromatic nitrogens is 4. The van der Waals surface area contributed by atoms with Crippen LogP contribution in [0.25, 0.3) is 16.6 Å². The summed E-state index contributed by atoms with van der Waals surface area (Å²) in [6.45, 7) is 1.87. The molecule has 0 aliphatic carbocycles. The molecule has 0 unspecified atom stereocenters. The number of imidazole rings is 1. The van der Waals surface area contributed by atoms with Gasteiger partial charge in [-0.1, -0.05) is 6.07 Å². The van der Waals surface area contributed by atoms with Crippen molar-refractivity contribution in [2.75, 3.05) is 32.6 Å². The summed E-state index contributed by atoms with van der Waals surface area (Å²) in [5, 5.41) is 3.27. The van der Waals surface area contributed by atoms with E-state index in [2.05, 4.69) is 51.4 Å². The van der Waals surface area contributed by atoms with Gasteiger partial charge in [-0.2, -0.15) is 0 Å². The van der Waals surface area contributed by atoms with Crippen LogP contribution in [0, 0.1) is 5.82 Å². The van der Waals surface area contributed by atoms with Crippen molar-refractivity contribution in [3.63, 3.8) is 0 Å². The standard InChI is InChI=1S/C24H25FN6O/c1-30(2)9-7-17-4-3-16(11-27-17)19-12-28-24(31-15-26-14-22(19)31)29-13-20-18-8-10-32-23(18)6-5-21(20)25/h3-6,11-12,14-15H,7-10,13H2,1-2H3,(H,28,29). The Kier molecular flexibility index (Phi) is 5.45. The normalized spacial score (nSPS) is 12.9. The van der Waals surface area contributed by atoms with E-state index in [1.807, 2.05) is 16.8 Å². The summed E-state index contributed by atoms with van der Waals surface area (Å²) in [6, 6.07) is 7.28. The number of rotatable bonds is 7. The number of likely N-dealkylation sites (N-methyl/N-ethyl adjacent to an activating group) is 1. The number of fused-ring (bicyclic) bond motifs is 2. The molecule has 3 aromatic heterocycles. The molecule has 0 saturated heterocycles. The number of hydrogen-bond donors (Lipinski definition) is 1. The predicted molar refractivity (Wildman–Crippen MR) is 121 cm³/mol. The molecule has 0 spiro atoms. The van der Waals surface area contributed by atoms with Crippen molar-refractivity contribution in [2.45, 2.75) is 19.4 Å². The van der Waals surface area contributed by atoms with Gasteiger partial charge in [-0.3, -0.25) is 9.38 Å². The maximum Gasteiger partial charge on any atom is 0.208 e. The van der Waals surface area contributed by atoms with Crippen molar-refractivity contribution in [1.29, 1.82) is 0 Å². The van der Waals surface area contributed by atoms with Crippen LogP contribution in [0.2, 0.25) is 0 Å². The molecule has 0 amide bonds. The molecule has 0 bridgehead atoms. The van der Waals surface area contributed by atoms with Gasteiger partial charge in [-0.05, 0) is 32.3 Å². The van der Waals surface area contributed by atoms with Gasteiger partial charge in [-0.15, -0.1) is 0 Å². The van der Waals surface area contributed by atoms with E-state index in [0.29, 0.717) is 31.1 Å². The van der Waals surface area contributed by atoms with Crippen LogP contribution in [0.15, 0.2) is 49.2 Å². The van der Waals surface area contributed by atoms with Crippen LogP contribution in [0.4, 0.5) is 10.3 Å². The average Bonchev–Trinajstić information content (AvgIpc) is 3.47. The minimum atomic E-state index is -0.235. The van der Waals surface area contributed by atoms with E-state index in [0.717, 1.165) is 46.6 Å². The van der Waals surface area contributed by atoms with Gasteiger partial charge in [-0.25, -0.2) is 14.4 Å². The molecule has 0 saturated carbocycles. The molecule has 7 nitrogen and oxygen atoms in total. The molecular formula is C24H25FN6O. The fourth-order valence-electron chi connectivity index (χ4n) is 4.01. The second-order valence-corrected chi connectivity index (χ2v) is 8.19. The number of anilines is 1. The van der Waals surface area contributed by atoms with Crippen LogP contribution in [0.5, 0.6) is 5.75 Å². The Hall–Kier alpha value is -3.52. The number of ether oxygens (including phenoxy) is 1. The van der Waals surface area contributed by atoms with Gasteiger partial charge < -0.3 is 15.0 Å². The summed E-state index contributed by atoms with van der Waals surface area (Å²) in [6.07, 6.45) is 8.82. The highest BCUT2D eigenvalue weighted by molar-refractivity contribution is 5.79. The zero-order valence-corrected chi connectivity index (χ0v) is 18.2. The molecule has 0 fully saturated rings. The molecule has 0 radical (unpaired) electrons. The third kappa shape index (κ3) is 3.89. The maximum atomic E-state index is 14.5. The van der Waals surface area contributed by atoms with E-state index >= 15 is 0 Å². The van der Waals surface area contributed by atoms with E-state index in [-0.39, 0.29) is 5.82 Å². The van der Waals surface area contributed by atoms with E-state index in [4.69, 9.17) is 4.74 Å². The Morgan fingerprint density at radius 3 is 2.84 bits per heavy atom. The zero-order chi connectivity index (χ0) is 22.1. The Morgan fingerprint density at radius 1 is 1.12 bits per heavy atom. The van der Waals surface area contributed by atoms with Crippen molar-refractivity contribution in [1.82, 2.24) is 24.3 Å². The van der Waals surface area contributed by atoms with Crippen LogP contribution in [-0.2, 0) is 19.4 Å². The molecule has 5 rings (SSSR count). The second kappa shape index (κ2) is 8.55. The monoisotopic (exact) mass is 432 g/mol. The highest BCUT2D eigenvalue weighted by Crippen LogP contribution is 2.31. The summed E-state index contributed by atoms with van der Waals surface area (Å²) in [5.41, 5.74) is 5.44. The lowest BCUT2D eigenvalue weighted by atomic mass is 10.0. The topological polar surface area (TPSA) is 67.6 Å². The Labute approximate surface area is 185 Å². The van der Waals surface area contributed by atoms with E-state index in [1.165, 1.54) is 6.07 Å². The summed E-state index contributed by atoms with van der Waals surface area (Å²) >= 11 is 0. The third-order valence-corrected chi connectivity index (χ3v) is 5.77. The molecule has 32 heavy (non-hydrogen) atoms. The molecule has 1 aromatic carbocycles. The summed E-state index contributed by atoms with van der Waals surface area (Å²) in [4.78, 5) is 15.7. The molecule has 4 heterocycles. The number of nitrogens with one attached hydrogen (secondary N) is 1. The number of pyridine rings is 1. The van der Waals surface area contributed by atoms with Gasteiger partial charge in [0.25, 0.3) is 0 Å². The van der Waals surface area contributed by atoms with Gasteiger partial charge in [0, 0.05) is 66.3 Å². The van der Waals surface area contributed by atoms with Crippen LogP contribution in [0.1, 0.15) is 16.8 Å². The lowest BCUT2D eigenvalue weighted by molar-refractivity contribution is 0.356.